The third-order valence-electron chi connectivity index (χ3n) is 3.63. The van der Waals surface area contributed by atoms with Gasteiger partial charge < -0.3 is 9.32 Å². The van der Waals surface area contributed by atoms with Crippen molar-refractivity contribution in [2.24, 2.45) is 0 Å². The van der Waals surface area contributed by atoms with Crippen LogP contribution in [0.3, 0.4) is 0 Å². The number of rotatable bonds is 3. The number of carbonyl (C=O) groups is 1. The van der Waals surface area contributed by atoms with Gasteiger partial charge in [-0.2, -0.15) is 0 Å². The molecular weight excluding hydrogens is 216 g/mol. The first-order valence-corrected chi connectivity index (χ1v) is 6.34. The number of hydrogen-bond donors (Lipinski definition) is 0. The molecule has 0 unspecified atom stereocenters. The van der Waals surface area contributed by atoms with Gasteiger partial charge in [0.15, 0.2) is 17.4 Å². The van der Waals surface area contributed by atoms with Crippen molar-refractivity contribution in [3.05, 3.63) is 17.9 Å². The normalized spacial score (nSPS) is 21.8. The molecular formula is C13H18N2O2. The lowest BCUT2D eigenvalue weighted by atomic mass is 10.3. The summed E-state index contributed by atoms with van der Waals surface area (Å²) in [6.07, 6.45) is 2.74. The highest BCUT2D eigenvalue weighted by atomic mass is 16.4. The minimum Gasteiger partial charge on any atom is -0.437 e. The summed E-state index contributed by atoms with van der Waals surface area (Å²) in [4.78, 5) is 16.0. The van der Waals surface area contributed by atoms with Crippen molar-refractivity contribution in [1.29, 1.82) is 0 Å². The summed E-state index contributed by atoms with van der Waals surface area (Å²) < 4.78 is 5.55. The van der Waals surface area contributed by atoms with Gasteiger partial charge in [0.1, 0.15) is 0 Å². The van der Waals surface area contributed by atoms with Gasteiger partial charge in [0.2, 0.25) is 0 Å². The fourth-order valence-corrected chi connectivity index (χ4v) is 2.43. The fraction of sp³-hybridized carbons (Fsp3) is 0.615. The first kappa shape index (κ1) is 10.8. The van der Waals surface area contributed by atoms with Crippen LogP contribution in [-0.4, -0.2) is 42.9 Å². The van der Waals surface area contributed by atoms with Crippen molar-refractivity contribution in [2.75, 3.05) is 31.1 Å². The van der Waals surface area contributed by atoms with Crippen LogP contribution >= 0.6 is 0 Å². The van der Waals surface area contributed by atoms with Crippen LogP contribution in [0.2, 0.25) is 0 Å². The molecule has 2 aliphatic rings. The molecule has 4 heteroatoms. The van der Waals surface area contributed by atoms with Crippen LogP contribution in [-0.2, 0) is 0 Å². The fourth-order valence-electron chi connectivity index (χ4n) is 2.43. The van der Waals surface area contributed by atoms with E-state index < -0.39 is 0 Å². The molecule has 2 heterocycles. The molecule has 1 aromatic heterocycles. The maximum Gasteiger partial charge on any atom is 0.196 e. The van der Waals surface area contributed by atoms with Crippen LogP contribution in [0.4, 0.5) is 5.88 Å². The molecule has 0 radical (unpaired) electrons. The molecule has 3 rings (SSSR count). The van der Waals surface area contributed by atoms with E-state index in [2.05, 4.69) is 9.80 Å². The molecule has 0 amide bonds. The first-order valence-electron chi connectivity index (χ1n) is 6.34. The Morgan fingerprint density at radius 1 is 1.24 bits per heavy atom. The van der Waals surface area contributed by atoms with E-state index >= 15 is 0 Å². The minimum atomic E-state index is -0.00661. The maximum absolute atomic E-state index is 11.2. The summed E-state index contributed by atoms with van der Waals surface area (Å²) in [5, 5.41) is 0. The molecule has 0 spiro atoms. The van der Waals surface area contributed by atoms with E-state index in [1.165, 1.54) is 19.8 Å². The summed E-state index contributed by atoms with van der Waals surface area (Å²) in [6.45, 7) is 5.76. The van der Waals surface area contributed by atoms with E-state index in [0.29, 0.717) is 5.76 Å². The van der Waals surface area contributed by atoms with Crippen LogP contribution in [0.5, 0.6) is 0 Å². The first-order chi connectivity index (χ1) is 8.24. The number of Topliss-reactive ketones (excluding diaryl/α,β-unsaturated/α-hetero) is 1. The van der Waals surface area contributed by atoms with E-state index in [9.17, 15) is 4.79 Å². The molecule has 17 heavy (non-hydrogen) atoms. The van der Waals surface area contributed by atoms with Gasteiger partial charge in [-0.25, -0.2) is 0 Å². The van der Waals surface area contributed by atoms with Crippen molar-refractivity contribution in [1.82, 2.24) is 4.90 Å². The Morgan fingerprint density at radius 3 is 2.47 bits per heavy atom. The summed E-state index contributed by atoms with van der Waals surface area (Å²) in [5.41, 5.74) is 0. The van der Waals surface area contributed by atoms with Gasteiger partial charge in [0.05, 0.1) is 0 Å². The Morgan fingerprint density at radius 2 is 1.94 bits per heavy atom. The van der Waals surface area contributed by atoms with Gasteiger partial charge in [-0.3, -0.25) is 9.69 Å². The highest BCUT2D eigenvalue weighted by Crippen LogP contribution is 2.28. The number of carbonyl (C=O) groups excluding carboxylic acids is 1. The molecule has 92 valence electrons. The second-order valence-corrected chi connectivity index (χ2v) is 4.95. The minimum absolute atomic E-state index is 0.00661. The molecule has 1 saturated carbocycles. The average Bonchev–Trinajstić information content (AvgIpc) is 3.06. The highest BCUT2D eigenvalue weighted by Gasteiger charge is 2.31. The molecule has 4 nitrogen and oxygen atoms in total. The number of furan rings is 1. The van der Waals surface area contributed by atoms with Gasteiger partial charge in [-0.15, -0.1) is 0 Å². The maximum atomic E-state index is 11.2. The summed E-state index contributed by atoms with van der Waals surface area (Å²) >= 11 is 0. The zero-order valence-electron chi connectivity index (χ0n) is 10.2. The zero-order chi connectivity index (χ0) is 11.8. The van der Waals surface area contributed by atoms with Crippen LogP contribution in [0.1, 0.15) is 30.3 Å². The van der Waals surface area contributed by atoms with Gasteiger partial charge in [-0.1, -0.05) is 0 Å². The van der Waals surface area contributed by atoms with Gasteiger partial charge in [0, 0.05) is 45.2 Å². The van der Waals surface area contributed by atoms with Crippen LogP contribution in [0, 0.1) is 0 Å². The van der Waals surface area contributed by atoms with Crippen molar-refractivity contribution < 1.29 is 9.21 Å². The Hall–Kier alpha value is -1.29. The molecule has 0 atom stereocenters. The van der Waals surface area contributed by atoms with Crippen LogP contribution in [0.15, 0.2) is 16.5 Å². The SMILES string of the molecule is CC(=O)c1ccc(N2CCN(C3CC3)CC2)o1. The number of hydrogen-bond acceptors (Lipinski definition) is 4. The molecule has 0 aromatic carbocycles. The zero-order valence-corrected chi connectivity index (χ0v) is 10.2. The second-order valence-electron chi connectivity index (χ2n) is 4.95. The second kappa shape index (κ2) is 4.18. The van der Waals surface area contributed by atoms with E-state index in [1.807, 2.05) is 6.07 Å². The Kier molecular flexibility index (Phi) is 2.67. The topological polar surface area (TPSA) is 36.7 Å². The van der Waals surface area contributed by atoms with E-state index in [1.54, 1.807) is 6.07 Å². The number of nitrogens with zero attached hydrogens (tertiary/aromatic N) is 2. The van der Waals surface area contributed by atoms with Crippen molar-refractivity contribution >= 4 is 11.7 Å². The van der Waals surface area contributed by atoms with Gasteiger partial charge in [-0.05, 0) is 18.9 Å². The smallest absolute Gasteiger partial charge is 0.196 e. The predicted octanol–water partition coefficient (Wildman–Crippen LogP) is 1.77. The Labute approximate surface area is 101 Å². The summed E-state index contributed by atoms with van der Waals surface area (Å²) in [6, 6.07) is 4.52. The standard InChI is InChI=1S/C13H18N2O2/c1-10(16)12-4-5-13(17-12)15-8-6-14(7-9-15)11-2-3-11/h4-5,11H,2-3,6-9H2,1H3. The lowest BCUT2D eigenvalue weighted by Crippen LogP contribution is -2.47. The summed E-state index contributed by atoms with van der Waals surface area (Å²) in [7, 11) is 0. The van der Waals surface area contributed by atoms with E-state index in [-0.39, 0.29) is 5.78 Å². The van der Waals surface area contributed by atoms with Crippen LogP contribution in [0.25, 0.3) is 0 Å². The summed E-state index contributed by atoms with van der Waals surface area (Å²) in [5.74, 6) is 1.29. The quantitative estimate of drug-likeness (QED) is 0.747. The molecule has 1 aliphatic heterocycles. The van der Waals surface area contributed by atoms with Gasteiger partial charge in [0.25, 0.3) is 0 Å². The Balaban J connectivity index is 1.62. The van der Waals surface area contributed by atoms with Crippen molar-refractivity contribution in [3.8, 4) is 0 Å². The van der Waals surface area contributed by atoms with Gasteiger partial charge >= 0.3 is 0 Å². The number of piperazine rings is 1. The molecule has 2 fully saturated rings. The highest BCUT2D eigenvalue weighted by molar-refractivity contribution is 5.91. The molecule has 0 bridgehead atoms. The van der Waals surface area contributed by atoms with E-state index in [4.69, 9.17) is 4.42 Å². The lowest BCUT2D eigenvalue weighted by Gasteiger charge is -2.34. The molecule has 1 aromatic rings. The number of ketones is 1. The third kappa shape index (κ3) is 2.22. The van der Waals surface area contributed by atoms with Crippen molar-refractivity contribution in [3.63, 3.8) is 0 Å². The van der Waals surface area contributed by atoms with Crippen molar-refractivity contribution in [2.45, 2.75) is 25.8 Å². The van der Waals surface area contributed by atoms with Crippen LogP contribution < -0.4 is 4.90 Å². The number of anilines is 1. The lowest BCUT2D eigenvalue weighted by molar-refractivity contribution is 0.0987. The third-order valence-corrected chi connectivity index (χ3v) is 3.63. The molecule has 1 aliphatic carbocycles. The molecule has 0 N–H and O–H groups in total. The predicted molar refractivity (Wildman–Crippen MR) is 65.5 cm³/mol. The largest absolute Gasteiger partial charge is 0.437 e. The van der Waals surface area contributed by atoms with E-state index in [0.717, 1.165) is 38.1 Å². The Bertz CT molecular complexity index is 415. The monoisotopic (exact) mass is 234 g/mol. The average molecular weight is 234 g/mol. The molecule has 1 saturated heterocycles.